The molecule has 1 atom stereocenters. The molecule has 3 nitrogen and oxygen atoms in total. The van der Waals surface area contributed by atoms with Crippen molar-refractivity contribution in [3.8, 4) is 0 Å². The lowest BCUT2D eigenvalue weighted by atomic mass is 10.0. The first kappa shape index (κ1) is 9.97. The molecule has 3 heteroatoms. The van der Waals surface area contributed by atoms with Crippen LogP contribution in [0.25, 0.3) is 0 Å². The summed E-state index contributed by atoms with van der Waals surface area (Å²) in [5, 5.41) is 6.32. The number of hydrogen-bond acceptors (Lipinski definition) is 2. The number of rotatable bonds is 3. The summed E-state index contributed by atoms with van der Waals surface area (Å²) >= 11 is 0. The summed E-state index contributed by atoms with van der Waals surface area (Å²) in [6, 6.07) is 0.0751. The van der Waals surface area contributed by atoms with Crippen LogP contribution in [0.2, 0.25) is 0 Å². The lowest BCUT2D eigenvalue weighted by Gasteiger charge is -2.23. The van der Waals surface area contributed by atoms with Crippen LogP contribution in [-0.2, 0) is 4.79 Å². The zero-order valence-electron chi connectivity index (χ0n) is 8.94. The average Bonchev–Trinajstić information content (AvgIpc) is 2.95. The smallest absolute Gasteiger partial charge is 0.237 e. The fourth-order valence-corrected chi connectivity index (χ4v) is 1.89. The van der Waals surface area contributed by atoms with Crippen molar-refractivity contribution in [1.82, 2.24) is 10.6 Å². The molecule has 2 rings (SSSR count). The van der Waals surface area contributed by atoms with Gasteiger partial charge in [-0.2, -0.15) is 0 Å². The Kier molecular flexibility index (Phi) is 2.77. The highest BCUT2D eigenvalue weighted by Crippen LogP contribution is 2.44. The molecule has 0 aromatic carbocycles. The number of nitrogens with one attached hydrogen (secondary N) is 2. The van der Waals surface area contributed by atoms with Crippen LogP contribution in [0.1, 0.15) is 39.0 Å². The second kappa shape index (κ2) is 3.89. The Balaban J connectivity index is 1.71. The molecular weight excluding hydrogens is 176 g/mol. The van der Waals surface area contributed by atoms with Crippen LogP contribution >= 0.6 is 0 Å². The SMILES string of the molecule is CC1(CNC(=O)[C@H]2CCCCN2)CC1. The third-order valence-corrected chi connectivity index (χ3v) is 3.42. The second-order valence-corrected chi connectivity index (χ2v) is 5.03. The van der Waals surface area contributed by atoms with Crippen LogP contribution in [0.3, 0.4) is 0 Å². The number of carbonyl (C=O) groups is 1. The highest BCUT2D eigenvalue weighted by molar-refractivity contribution is 5.81. The van der Waals surface area contributed by atoms with Crippen molar-refractivity contribution in [1.29, 1.82) is 0 Å². The van der Waals surface area contributed by atoms with Gasteiger partial charge in [-0.1, -0.05) is 13.3 Å². The van der Waals surface area contributed by atoms with Gasteiger partial charge in [0.2, 0.25) is 5.91 Å². The molecule has 1 amide bonds. The molecule has 2 fully saturated rings. The van der Waals surface area contributed by atoms with Gasteiger partial charge in [0, 0.05) is 6.54 Å². The molecule has 14 heavy (non-hydrogen) atoms. The molecule has 0 aromatic heterocycles. The Labute approximate surface area is 85.6 Å². The van der Waals surface area contributed by atoms with E-state index in [1.165, 1.54) is 25.7 Å². The maximum absolute atomic E-state index is 11.7. The summed E-state index contributed by atoms with van der Waals surface area (Å²) < 4.78 is 0. The number of hydrogen-bond donors (Lipinski definition) is 2. The predicted octanol–water partition coefficient (Wildman–Crippen LogP) is 1.04. The fraction of sp³-hybridized carbons (Fsp3) is 0.909. The monoisotopic (exact) mass is 196 g/mol. The average molecular weight is 196 g/mol. The van der Waals surface area contributed by atoms with Crippen LogP contribution in [0, 0.1) is 5.41 Å². The molecule has 1 aliphatic carbocycles. The summed E-state index contributed by atoms with van der Waals surface area (Å²) in [7, 11) is 0. The normalized spacial score (nSPS) is 29.6. The Hall–Kier alpha value is -0.570. The summed E-state index contributed by atoms with van der Waals surface area (Å²) in [4.78, 5) is 11.7. The summed E-state index contributed by atoms with van der Waals surface area (Å²) in [6.07, 6.45) is 5.93. The van der Waals surface area contributed by atoms with E-state index in [-0.39, 0.29) is 11.9 Å². The molecule has 2 aliphatic rings. The molecule has 1 heterocycles. The van der Waals surface area contributed by atoms with Crippen molar-refractivity contribution in [3.63, 3.8) is 0 Å². The van der Waals surface area contributed by atoms with E-state index < -0.39 is 0 Å². The van der Waals surface area contributed by atoms with Gasteiger partial charge in [-0.25, -0.2) is 0 Å². The topological polar surface area (TPSA) is 41.1 Å². The summed E-state index contributed by atoms with van der Waals surface area (Å²) in [5.41, 5.74) is 0.421. The van der Waals surface area contributed by atoms with Gasteiger partial charge >= 0.3 is 0 Å². The van der Waals surface area contributed by atoms with Gasteiger partial charge in [0.05, 0.1) is 6.04 Å². The fourth-order valence-electron chi connectivity index (χ4n) is 1.89. The highest BCUT2D eigenvalue weighted by Gasteiger charge is 2.37. The minimum absolute atomic E-state index is 0.0751. The van der Waals surface area contributed by atoms with Gasteiger partial charge in [0.25, 0.3) is 0 Å². The maximum Gasteiger partial charge on any atom is 0.237 e. The molecule has 0 bridgehead atoms. The van der Waals surface area contributed by atoms with Crippen molar-refractivity contribution in [2.75, 3.05) is 13.1 Å². The van der Waals surface area contributed by atoms with Crippen LogP contribution in [0.4, 0.5) is 0 Å². The van der Waals surface area contributed by atoms with E-state index in [1.54, 1.807) is 0 Å². The van der Waals surface area contributed by atoms with Crippen molar-refractivity contribution in [3.05, 3.63) is 0 Å². The molecule has 2 N–H and O–H groups in total. The molecule has 0 radical (unpaired) electrons. The molecule has 80 valence electrons. The molecule has 1 saturated carbocycles. The van der Waals surface area contributed by atoms with E-state index in [9.17, 15) is 4.79 Å². The van der Waals surface area contributed by atoms with Crippen molar-refractivity contribution in [2.45, 2.75) is 45.1 Å². The van der Waals surface area contributed by atoms with Crippen molar-refractivity contribution in [2.24, 2.45) is 5.41 Å². The first-order chi connectivity index (χ1) is 6.70. The predicted molar refractivity (Wildman–Crippen MR) is 56.0 cm³/mol. The first-order valence-electron chi connectivity index (χ1n) is 5.71. The second-order valence-electron chi connectivity index (χ2n) is 5.03. The summed E-state index contributed by atoms with van der Waals surface area (Å²) in [6.45, 7) is 4.10. The molecule has 0 aromatic rings. The molecule has 0 spiro atoms. The third kappa shape index (κ3) is 2.47. The third-order valence-electron chi connectivity index (χ3n) is 3.42. The first-order valence-corrected chi connectivity index (χ1v) is 5.71. The van der Waals surface area contributed by atoms with Gasteiger partial charge in [-0.3, -0.25) is 4.79 Å². The Bertz CT molecular complexity index is 217. The number of amides is 1. The molecule has 0 unspecified atom stereocenters. The van der Waals surface area contributed by atoms with E-state index >= 15 is 0 Å². The Morgan fingerprint density at radius 1 is 1.50 bits per heavy atom. The van der Waals surface area contributed by atoms with Crippen molar-refractivity contribution >= 4 is 5.91 Å². The Morgan fingerprint density at radius 2 is 2.29 bits per heavy atom. The van der Waals surface area contributed by atoms with E-state index in [0.717, 1.165) is 19.5 Å². The van der Waals surface area contributed by atoms with Gasteiger partial charge < -0.3 is 10.6 Å². The van der Waals surface area contributed by atoms with Gasteiger partial charge in [0.15, 0.2) is 0 Å². The quantitative estimate of drug-likeness (QED) is 0.708. The van der Waals surface area contributed by atoms with E-state index in [1.807, 2.05) is 0 Å². The zero-order chi connectivity index (χ0) is 10.0. The van der Waals surface area contributed by atoms with Gasteiger partial charge in [-0.15, -0.1) is 0 Å². The van der Waals surface area contributed by atoms with Crippen LogP contribution in [-0.4, -0.2) is 25.0 Å². The highest BCUT2D eigenvalue weighted by atomic mass is 16.2. The Morgan fingerprint density at radius 3 is 2.86 bits per heavy atom. The zero-order valence-corrected chi connectivity index (χ0v) is 8.94. The van der Waals surface area contributed by atoms with Gasteiger partial charge in [-0.05, 0) is 37.6 Å². The van der Waals surface area contributed by atoms with E-state index in [2.05, 4.69) is 17.6 Å². The maximum atomic E-state index is 11.7. The lowest BCUT2D eigenvalue weighted by Crippen LogP contribution is -2.47. The standard InChI is InChI=1S/C11H20N2O/c1-11(5-6-11)8-13-10(14)9-4-2-3-7-12-9/h9,12H,2-8H2,1H3,(H,13,14)/t9-/m1/s1. The minimum atomic E-state index is 0.0751. The van der Waals surface area contributed by atoms with Crippen LogP contribution < -0.4 is 10.6 Å². The lowest BCUT2D eigenvalue weighted by molar-refractivity contribution is -0.123. The molecule has 1 saturated heterocycles. The number of carbonyl (C=O) groups excluding carboxylic acids is 1. The van der Waals surface area contributed by atoms with Crippen LogP contribution in [0.5, 0.6) is 0 Å². The largest absolute Gasteiger partial charge is 0.354 e. The van der Waals surface area contributed by atoms with Crippen molar-refractivity contribution < 1.29 is 4.79 Å². The summed E-state index contributed by atoms with van der Waals surface area (Å²) in [5.74, 6) is 0.206. The molecule has 1 aliphatic heterocycles. The van der Waals surface area contributed by atoms with Gasteiger partial charge in [0.1, 0.15) is 0 Å². The van der Waals surface area contributed by atoms with E-state index in [4.69, 9.17) is 0 Å². The number of piperidine rings is 1. The van der Waals surface area contributed by atoms with E-state index in [0.29, 0.717) is 5.41 Å². The molecular formula is C11H20N2O. The minimum Gasteiger partial charge on any atom is -0.354 e. The van der Waals surface area contributed by atoms with Crippen LogP contribution in [0.15, 0.2) is 0 Å².